The quantitative estimate of drug-likeness (QED) is 0.850. The molecular weight excluding hydrogens is 323 g/mol. The van der Waals surface area contributed by atoms with Crippen molar-refractivity contribution in [3.05, 3.63) is 57.5 Å². The second-order valence-corrected chi connectivity index (χ2v) is 8.29. The Hall–Kier alpha value is -1.72. The molecule has 1 amide bonds. The number of fused-ring (bicyclic) bond motifs is 1. The lowest BCUT2D eigenvalue weighted by atomic mass is 10.0. The first-order valence-corrected chi connectivity index (χ1v) is 9.21. The highest BCUT2D eigenvalue weighted by Crippen LogP contribution is 2.34. The maximum atomic E-state index is 13.3. The molecule has 0 spiro atoms. The van der Waals surface area contributed by atoms with Gasteiger partial charge < -0.3 is 4.90 Å². The Bertz CT molecular complexity index is 759. The van der Waals surface area contributed by atoms with Crippen LogP contribution < -0.4 is 0 Å². The van der Waals surface area contributed by atoms with Crippen LogP contribution in [0, 0.1) is 24.6 Å². The summed E-state index contributed by atoms with van der Waals surface area (Å²) in [6, 6.07) is 10.9. The van der Waals surface area contributed by atoms with Crippen LogP contribution in [0.3, 0.4) is 0 Å². The Morgan fingerprint density at radius 1 is 1.17 bits per heavy atom. The van der Waals surface area contributed by atoms with E-state index in [4.69, 9.17) is 0 Å². The van der Waals surface area contributed by atoms with Gasteiger partial charge in [-0.05, 0) is 36.8 Å². The van der Waals surface area contributed by atoms with E-state index in [1.54, 1.807) is 6.07 Å². The van der Waals surface area contributed by atoms with Crippen LogP contribution in [-0.4, -0.2) is 35.3 Å². The van der Waals surface area contributed by atoms with E-state index in [-0.39, 0.29) is 17.6 Å². The smallest absolute Gasteiger partial charge is 0.227 e. The van der Waals surface area contributed by atoms with Crippen molar-refractivity contribution in [1.82, 2.24) is 9.80 Å². The number of aryl methyl sites for hydroxylation is 1. The van der Waals surface area contributed by atoms with Crippen LogP contribution in [0.2, 0.25) is 0 Å². The maximum absolute atomic E-state index is 13.3. The summed E-state index contributed by atoms with van der Waals surface area (Å²) in [6.45, 7) is 6.21. The largest absolute Gasteiger partial charge is 0.338 e. The van der Waals surface area contributed by atoms with Crippen LogP contribution >= 0.6 is 11.3 Å². The molecule has 126 valence electrons. The fourth-order valence-corrected chi connectivity index (χ4v) is 4.88. The number of hydrogen-bond donors (Lipinski definition) is 0. The molecule has 0 N–H and O–H groups in total. The van der Waals surface area contributed by atoms with Crippen molar-refractivity contribution in [3.63, 3.8) is 0 Å². The van der Waals surface area contributed by atoms with Crippen LogP contribution in [-0.2, 0) is 17.9 Å². The Morgan fingerprint density at radius 3 is 2.75 bits per heavy atom. The molecule has 0 saturated carbocycles. The topological polar surface area (TPSA) is 23.6 Å². The molecular formula is C19H21FN2OS. The van der Waals surface area contributed by atoms with E-state index >= 15 is 0 Å². The molecule has 2 fully saturated rings. The van der Waals surface area contributed by atoms with Gasteiger partial charge in [0.15, 0.2) is 0 Å². The minimum Gasteiger partial charge on any atom is -0.338 e. The monoisotopic (exact) mass is 344 g/mol. The average Bonchev–Trinajstić information content (AvgIpc) is 3.19. The molecule has 2 aromatic rings. The van der Waals surface area contributed by atoms with Crippen molar-refractivity contribution in [2.75, 3.05) is 19.6 Å². The summed E-state index contributed by atoms with van der Waals surface area (Å²) in [5.41, 5.74) is 0.870. The maximum Gasteiger partial charge on any atom is 0.227 e. The molecule has 0 bridgehead atoms. The number of thiophene rings is 1. The minimum absolute atomic E-state index is 0.111. The van der Waals surface area contributed by atoms with E-state index in [9.17, 15) is 9.18 Å². The van der Waals surface area contributed by atoms with Crippen LogP contribution in [0.25, 0.3) is 0 Å². The van der Waals surface area contributed by atoms with Gasteiger partial charge in [0.2, 0.25) is 5.91 Å². The first-order chi connectivity index (χ1) is 11.6. The Labute approximate surface area is 145 Å². The first-order valence-electron chi connectivity index (χ1n) is 8.39. The number of carbonyl (C=O) groups is 1. The number of hydrogen-bond acceptors (Lipinski definition) is 3. The second-order valence-electron chi connectivity index (χ2n) is 6.92. The van der Waals surface area contributed by atoms with Gasteiger partial charge in [-0.1, -0.05) is 12.1 Å². The van der Waals surface area contributed by atoms with Crippen LogP contribution in [0.5, 0.6) is 0 Å². The van der Waals surface area contributed by atoms with E-state index in [1.165, 1.54) is 21.9 Å². The highest BCUT2D eigenvalue weighted by atomic mass is 32.1. The molecule has 0 aliphatic carbocycles. The summed E-state index contributed by atoms with van der Waals surface area (Å²) < 4.78 is 13.3. The summed E-state index contributed by atoms with van der Waals surface area (Å²) in [4.78, 5) is 19.7. The number of halogens is 1. The SMILES string of the molecule is Cc1ccc(CN2C[C@@H]3CN(Cc4cccc(F)c4)C(=O)[C@@H]3C2)s1. The molecule has 1 aromatic heterocycles. The second kappa shape index (κ2) is 6.30. The summed E-state index contributed by atoms with van der Waals surface area (Å²) in [6.07, 6.45) is 0. The fraction of sp³-hybridized carbons (Fsp3) is 0.421. The zero-order chi connectivity index (χ0) is 16.7. The van der Waals surface area contributed by atoms with Crippen molar-refractivity contribution < 1.29 is 9.18 Å². The van der Waals surface area contributed by atoms with Gasteiger partial charge in [0, 0.05) is 48.4 Å². The summed E-state index contributed by atoms with van der Waals surface area (Å²) in [5.74, 6) is 0.512. The number of benzene rings is 1. The molecule has 0 radical (unpaired) electrons. The number of likely N-dealkylation sites (tertiary alicyclic amines) is 2. The Balaban J connectivity index is 1.37. The average molecular weight is 344 g/mol. The number of rotatable bonds is 4. The highest BCUT2D eigenvalue weighted by Gasteiger charge is 2.45. The molecule has 4 rings (SSSR count). The molecule has 5 heteroatoms. The predicted octanol–water partition coefficient (Wildman–Crippen LogP) is 3.29. The molecule has 1 aromatic carbocycles. The third kappa shape index (κ3) is 3.10. The predicted molar refractivity (Wildman–Crippen MR) is 93.1 cm³/mol. The van der Waals surface area contributed by atoms with Gasteiger partial charge in [-0.25, -0.2) is 4.39 Å². The van der Waals surface area contributed by atoms with Gasteiger partial charge in [0.25, 0.3) is 0 Å². The van der Waals surface area contributed by atoms with E-state index in [1.807, 2.05) is 22.3 Å². The number of nitrogens with zero attached hydrogens (tertiary/aromatic N) is 2. The molecule has 2 atom stereocenters. The van der Waals surface area contributed by atoms with Crippen LogP contribution in [0.15, 0.2) is 36.4 Å². The minimum atomic E-state index is -0.239. The van der Waals surface area contributed by atoms with Crippen molar-refractivity contribution in [1.29, 1.82) is 0 Å². The van der Waals surface area contributed by atoms with Gasteiger partial charge in [0.1, 0.15) is 5.82 Å². The third-order valence-corrected chi connectivity index (χ3v) is 6.02. The van der Waals surface area contributed by atoms with Crippen molar-refractivity contribution in [3.8, 4) is 0 Å². The van der Waals surface area contributed by atoms with Gasteiger partial charge in [-0.3, -0.25) is 9.69 Å². The molecule has 2 aliphatic heterocycles. The summed E-state index contributed by atoms with van der Waals surface area (Å²) in [5, 5.41) is 0. The van der Waals surface area contributed by atoms with Gasteiger partial charge >= 0.3 is 0 Å². The van der Waals surface area contributed by atoms with Crippen molar-refractivity contribution in [2.24, 2.45) is 11.8 Å². The molecule has 2 aliphatic rings. The lowest BCUT2D eigenvalue weighted by molar-refractivity contribution is -0.131. The van der Waals surface area contributed by atoms with E-state index < -0.39 is 0 Å². The molecule has 2 saturated heterocycles. The standard InChI is InChI=1S/C19H21FN2OS/c1-13-5-6-17(24-13)11-21-9-15-10-22(19(23)18(15)12-21)8-14-3-2-4-16(20)7-14/h2-7,15,18H,8-12H2,1H3/t15-,18-/m1/s1. The zero-order valence-corrected chi connectivity index (χ0v) is 14.6. The fourth-order valence-electron chi connectivity index (χ4n) is 3.95. The number of amides is 1. The zero-order valence-electron chi connectivity index (χ0n) is 13.7. The van der Waals surface area contributed by atoms with Crippen LogP contribution in [0.1, 0.15) is 15.3 Å². The van der Waals surface area contributed by atoms with Gasteiger partial charge in [-0.15, -0.1) is 11.3 Å². The molecule has 0 unspecified atom stereocenters. The molecule has 3 nitrogen and oxygen atoms in total. The van der Waals surface area contributed by atoms with E-state index in [2.05, 4.69) is 24.0 Å². The van der Waals surface area contributed by atoms with Crippen molar-refractivity contribution >= 4 is 17.2 Å². The Morgan fingerprint density at radius 2 is 2.04 bits per heavy atom. The molecule has 24 heavy (non-hydrogen) atoms. The Kier molecular flexibility index (Phi) is 4.14. The van der Waals surface area contributed by atoms with Gasteiger partial charge in [-0.2, -0.15) is 0 Å². The third-order valence-electron chi connectivity index (χ3n) is 5.04. The normalized spacial score (nSPS) is 23.9. The molecule has 3 heterocycles. The summed E-state index contributed by atoms with van der Waals surface area (Å²) in [7, 11) is 0. The lowest BCUT2D eigenvalue weighted by Gasteiger charge is -2.21. The number of carbonyl (C=O) groups excluding carboxylic acids is 1. The van der Waals surface area contributed by atoms with Crippen molar-refractivity contribution in [2.45, 2.75) is 20.0 Å². The van der Waals surface area contributed by atoms with Crippen LogP contribution in [0.4, 0.5) is 4.39 Å². The summed E-state index contributed by atoms with van der Waals surface area (Å²) >= 11 is 1.83. The lowest BCUT2D eigenvalue weighted by Crippen LogP contribution is -2.32. The first kappa shape index (κ1) is 15.8. The van der Waals surface area contributed by atoms with E-state index in [0.717, 1.165) is 31.7 Å². The highest BCUT2D eigenvalue weighted by molar-refractivity contribution is 7.11. The van der Waals surface area contributed by atoms with Gasteiger partial charge in [0.05, 0.1) is 5.92 Å². The van der Waals surface area contributed by atoms with E-state index in [0.29, 0.717) is 12.5 Å².